The Bertz CT molecular complexity index is 877. The molecule has 3 N–H and O–H groups in total. The van der Waals surface area contributed by atoms with Crippen LogP contribution in [0.3, 0.4) is 0 Å². The SMILES string of the molecule is Cc1cccnc1OCC(F)(F)C(F)F.NC(=O)c1nccc2c1CNC2=O. The third-order valence-electron chi connectivity index (χ3n) is 3.64. The van der Waals surface area contributed by atoms with E-state index < -0.39 is 24.9 Å². The number of primary amides is 1. The van der Waals surface area contributed by atoms with Crippen molar-refractivity contribution in [1.29, 1.82) is 0 Å². The largest absolute Gasteiger partial charge is 0.471 e. The van der Waals surface area contributed by atoms with E-state index >= 15 is 0 Å². The van der Waals surface area contributed by atoms with E-state index in [1.165, 1.54) is 12.4 Å². The number of amides is 2. The number of carbonyl (C=O) groups is 2. The number of pyridine rings is 2. The van der Waals surface area contributed by atoms with Crippen molar-refractivity contribution in [2.24, 2.45) is 5.73 Å². The van der Waals surface area contributed by atoms with Gasteiger partial charge in [0.25, 0.3) is 11.8 Å². The summed E-state index contributed by atoms with van der Waals surface area (Å²) in [5.74, 6) is -4.99. The minimum absolute atomic E-state index is 0.0576. The molecule has 3 heterocycles. The highest BCUT2D eigenvalue weighted by Crippen LogP contribution is 2.24. The second-order valence-corrected chi connectivity index (χ2v) is 5.71. The van der Waals surface area contributed by atoms with Crippen molar-refractivity contribution < 1.29 is 31.9 Å². The third-order valence-corrected chi connectivity index (χ3v) is 3.64. The molecule has 0 spiro atoms. The van der Waals surface area contributed by atoms with E-state index in [1.807, 2.05) is 0 Å². The highest BCUT2D eigenvalue weighted by molar-refractivity contribution is 6.02. The molecule has 0 aromatic carbocycles. The van der Waals surface area contributed by atoms with Gasteiger partial charge in [0.05, 0.1) is 0 Å². The molecule has 7 nitrogen and oxygen atoms in total. The van der Waals surface area contributed by atoms with Crippen molar-refractivity contribution in [1.82, 2.24) is 15.3 Å². The van der Waals surface area contributed by atoms with E-state index in [0.29, 0.717) is 23.2 Å². The first kappa shape index (κ1) is 21.1. The van der Waals surface area contributed by atoms with Crippen LogP contribution in [-0.2, 0) is 6.54 Å². The number of hydrogen-bond donors (Lipinski definition) is 2. The molecule has 2 aromatic rings. The molecule has 0 unspecified atom stereocenters. The van der Waals surface area contributed by atoms with Crippen LogP contribution >= 0.6 is 0 Å². The molecule has 0 fully saturated rings. The summed E-state index contributed by atoms with van der Waals surface area (Å²) in [4.78, 5) is 29.5. The molecular weight excluding hydrogens is 384 g/mol. The molecule has 0 bridgehead atoms. The average Bonchev–Trinajstić information content (AvgIpc) is 3.02. The predicted molar refractivity (Wildman–Crippen MR) is 89.3 cm³/mol. The van der Waals surface area contributed by atoms with E-state index in [1.54, 1.807) is 25.1 Å². The zero-order valence-electron chi connectivity index (χ0n) is 14.6. The van der Waals surface area contributed by atoms with Gasteiger partial charge in [0.1, 0.15) is 5.69 Å². The lowest BCUT2D eigenvalue weighted by molar-refractivity contribution is -0.148. The Kier molecular flexibility index (Phi) is 6.49. The second-order valence-electron chi connectivity index (χ2n) is 5.71. The molecule has 1 aliphatic rings. The van der Waals surface area contributed by atoms with Crippen LogP contribution in [0.2, 0.25) is 0 Å². The van der Waals surface area contributed by atoms with Crippen LogP contribution in [0.1, 0.15) is 32.0 Å². The van der Waals surface area contributed by atoms with E-state index in [0.717, 1.165) is 0 Å². The molecule has 1 aliphatic heterocycles. The van der Waals surface area contributed by atoms with Crippen LogP contribution in [0, 0.1) is 6.92 Å². The monoisotopic (exact) mass is 400 g/mol. The van der Waals surface area contributed by atoms with Gasteiger partial charge < -0.3 is 15.8 Å². The lowest BCUT2D eigenvalue weighted by atomic mass is 10.1. The molecule has 2 aromatic heterocycles. The van der Waals surface area contributed by atoms with Gasteiger partial charge in [-0.05, 0) is 19.1 Å². The Morgan fingerprint density at radius 2 is 2.04 bits per heavy atom. The van der Waals surface area contributed by atoms with Gasteiger partial charge >= 0.3 is 12.3 Å². The topological polar surface area (TPSA) is 107 Å². The quantitative estimate of drug-likeness (QED) is 0.748. The van der Waals surface area contributed by atoms with Crippen LogP contribution in [0.15, 0.2) is 30.6 Å². The predicted octanol–water partition coefficient (Wildman–Crippen LogP) is 2.09. The van der Waals surface area contributed by atoms with Crippen molar-refractivity contribution in [2.75, 3.05) is 6.61 Å². The van der Waals surface area contributed by atoms with Gasteiger partial charge in [-0.15, -0.1) is 0 Å². The Labute approximate surface area is 156 Å². The summed E-state index contributed by atoms with van der Waals surface area (Å²) in [5.41, 5.74) is 6.87. The zero-order valence-corrected chi connectivity index (χ0v) is 14.6. The number of hydrogen-bond acceptors (Lipinski definition) is 5. The third kappa shape index (κ3) is 4.93. The van der Waals surface area contributed by atoms with Crippen molar-refractivity contribution in [3.63, 3.8) is 0 Å². The number of nitrogens with two attached hydrogens (primary N) is 1. The first-order valence-corrected chi connectivity index (χ1v) is 7.89. The molecule has 0 atom stereocenters. The summed E-state index contributed by atoms with van der Waals surface area (Å²) < 4.78 is 53.0. The minimum atomic E-state index is -4.15. The molecule has 11 heteroatoms. The Morgan fingerprint density at radius 1 is 1.32 bits per heavy atom. The number of alkyl halides is 4. The average molecular weight is 400 g/mol. The van der Waals surface area contributed by atoms with Crippen molar-refractivity contribution >= 4 is 11.8 Å². The highest BCUT2D eigenvalue weighted by atomic mass is 19.3. The first-order chi connectivity index (χ1) is 13.1. The maximum Gasteiger partial charge on any atom is 0.340 e. The number of ether oxygens (including phenoxy) is 1. The maximum atomic E-state index is 12.5. The standard InChI is InChI=1S/C9H9F4NO.C8H7N3O2/c1-6-3-2-4-14-7(6)15-5-9(12,13)8(10)11;9-7(12)6-5-3-11-8(13)4(5)1-2-10-6/h2-4,8H,5H2,1H3;1-2H,3H2,(H2,9,12)(H,11,13). The Hall–Kier alpha value is -3.24. The number of nitrogens with zero attached hydrogens (tertiary/aromatic N) is 2. The van der Waals surface area contributed by atoms with Crippen molar-refractivity contribution in [3.8, 4) is 5.88 Å². The number of aryl methyl sites for hydroxylation is 1. The number of rotatable bonds is 5. The summed E-state index contributed by atoms with van der Waals surface area (Å²) >= 11 is 0. The van der Waals surface area contributed by atoms with Gasteiger partial charge in [0, 0.05) is 35.6 Å². The fourth-order valence-corrected chi connectivity index (χ4v) is 2.21. The maximum absolute atomic E-state index is 12.5. The Balaban J connectivity index is 0.000000202. The molecule has 0 aliphatic carbocycles. The van der Waals surface area contributed by atoms with Crippen molar-refractivity contribution in [3.05, 3.63) is 53.0 Å². The summed E-state index contributed by atoms with van der Waals surface area (Å²) in [7, 11) is 0. The van der Waals surface area contributed by atoms with E-state index in [4.69, 9.17) is 5.73 Å². The van der Waals surface area contributed by atoms with Crippen molar-refractivity contribution in [2.45, 2.75) is 25.8 Å². The van der Waals surface area contributed by atoms with Crippen LogP contribution in [0.25, 0.3) is 0 Å². The number of halogens is 4. The lowest BCUT2D eigenvalue weighted by Gasteiger charge is -2.15. The van der Waals surface area contributed by atoms with E-state index in [2.05, 4.69) is 20.0 Å². The summed E-state index contributed by atoms with van der Waals surface area (Å²) in [6.45, 7) is 0.547. The molecule has 0 saturated heterocycles. The van der Waals surface area contributed by atoms with E-state index in [9.17, 15) is 27.2 Å². The summed E-state index contributed by atoms with van der Waals surface area (Å²) in [6, 6.07) is 4.75. The van der Waals surface area contributed by atoms with Gasteiger partial charge in [-0.1, -0.05) is 6.07 Å². The number of aromatic nitrogens is 2. The normalized spacial score (nSPS) is 12.7. The first-order valence-electron chi connectivity index (χ1n) is 7.89. The summed E-state index contributed by atoms with van der Waals surface area (Å²) in [5, 5.41) is 2.59. The van der Waals surface area contributed by atoms with Crippen LogP contribution in [0.5, 0.6) is 5.88 Å². The smallest absolute Gasteiger partial charge is 0.340 e. The molecule has 0 radical (unpaired) electrons. The molecular formula is C17H16F4N4O3. The molecule has 0 saturated carbocycles. The fourth-order valence-electron chi connectivity index (χ4n) is 2.21. The number of carbonyl (C=O) groups excluding carboxylic acids is 2. The molecule has 3 rings (SSSR count). The Morgan fingerprint density at radius 3 is 2.64 bits per heavy atom. The highest BCUT2D eigenvalue weighted by Gasteiger charge is 2.41. The van der Waals surface area contributed by atoms with Crippen LogP contribution in [0.4, 0.5) is 17.6 Å². The minimum Gasteiger partial charge on any atom is -0.471 e. The number of nitrogens with one attached hydrogen (secondary N) is 1. The lowest BCUT2D eigenvalue weighted by Crippen LogP contribution is -2.34. The second kappa shape index (κ2) is 8.63. The molecule has 2 amide bonds. The zero-order chi connectivity index (χ0) is 20.9. The van der Waals surface area contributed by atoms with Crippen LogP contribution < -0.4 is 15.8 Å². The van der Waals surface area contributed by atoms with Gasteiger partial charge in [0.15, 0.2) is 6.61 Å². The van der Waals surface area contributed by atoms with E-state index in [-0.39, 0.29) is 17.5 Å². The fraction of sp³-hybridized carbons (Fsp3) is 0.294. The number of fused-ring (bicyclic) bond motifs is 1. The van der Waals surface area contributed by atoms with Gasteiger partial charge in [-0.2, -0.15) is 8.78 Å². The summed E-state index contributed by atoms with van der Waals surface area (Å²) in [6.07, 6.45) is -0.992. The molecule has 150 valence electrons. The van der Waals surface area contributed by atoms with Crippen LogP contribution in [-0.4, -0.2) is 40.7 Å². The van der Waals surface area contributed by atoms with Gasteiger partial charge in [0.2, 0.25) is 5.88 Å². The van der Waals surface area contributed by atoms with Gasteiger partial charge in [-0.25, -0.2) is 13.8 Å². The van der Waals surface area contributed by atoms with Gasteiger partial charge in [-0.3, -0.25) is 14.6 Å². The molecule has 28 heavy (non-hydrogen) atoms.